The van der Waals surface area contributed by atoms with Crippen LogP contribution in [0.15, 0.2) is 84.9 Å². The summed E-state index contributed by atoms with van der Waals surface area (Å²) >= 11 is 0. The monoisotopic (exact) mass is 422 g/mol. The molecule has 1 N–H and O–H groups in total. The van der Waals surface area contributed by atoms with E-state index in [2.05, 4.69) is 5.32 Å². The molecule has 5 nitrogen and oxygen atoms in total. The summed E-state index contributed by atoms with van der Waals surface area (Å²) in [5.74, 6) is -0.355. The van der Waals surface area contributed by atoms with Crippen LogP contribution >= 0.6 is 0 Å². The fraction of sp³-hybridized carbons (Fsp3) is 0.208. The van der Waals surface area contributed by atoms with Gasteiger partial charge in [-0.15, -0.1) is 0 Å². The normalized spacial score (nSPS) is 12.5. The van der Waals surface area contributed by atoms with E-state index < -0.39 is 10.0 Å². The van der Waals surface area contributed by atoms with Gasteiger partial charge in [0.1, 0.15) is 0 Å². The minimum Gasteiger partial charge on any atom is -0.344 e. The van der Waals surface area contributed by atoms with Crippen LogP contribution in [0.1, 0.15) is 28.3 Å². The van der Waals surface area contributed by atoms with Crippen molar-refractivity contribution in [2.45, 2.75) is 19.5 Å². The number of sulfonamides is 1. The Labute approximate surface area is 178 Å². The average molecular weight is 423 g/mol. The highest BCUT2D eigenvalue weighted by molar-refractivity contribution is 7.88. The summed E-state index contributed by atoms with van der Waals surface area (Å²) in [6.07, 6.45) is 1.12. The fourth-order valence-corrected chi connectivity index (χ4v) is 4.03. The van der Waals surface area contributed by atoms with Crippen LogP contribution in [0.5, 0.6) is 0 Å². The number of aryl methyl sites for hydroxylation is 1. The van der Waals surface area contributed by atoms with Crippen LogP contribution in [0.2, 0.25) is 0 Å². The molecule has 0 aromatic heterocycles. The van der Waals surface area contributed by atoms with Crippen molar-refractivity contribution in [3.8, 4) is 0 Å². The van der Waals surface area contributed by atoms with Crippen molar-refractivity contribution >= 4 is 15.9 Å². The summed E-state index contributed by atoms with van der Waals surface area (Å²) in [7, 11) is -3.56. The summed E-state index contributed by atoms with van der Waals surface area (Å²) in [5, 5.41) is 3.02. The third-order valence-corrected chi connectivity index (χ3v) is 6.00. The van der Waals surface area contributed by atoms with Crippen LogP contribution in [0.3, 0.4) is 0 Å². The second-order valence-corrected chi connectivity index (χ2v) is 9.32. The van der Waals surface area contributed by atoms with Crippen molar-refractivity contribution < 1.29 is 13.2 Å². The van der Waals surface area contributed by atoms with Gasteiger partial charge < -0.3 is 5.32 Å². The van der Waals surface area contributed by atoms with Gasteiger partial charge in [-0.1, -0.05) is 90.5 Å². The Morgan fingerprint density at radius 2 is 1.50 bits per heavy atom. The highest BCUT2D eigenvalue weighted by Gasteiger charge is 2.23. The number of hydrogen-bond donors (Lipinski definition) is 1. The summed E-state index contributed by atoms with van der Waals surface area (Å²) in [6.45, 7) is 1.90. The number of hydrogen-bond acceptors (Lipinski definition) is 3. The molecule has 1 unspecified atom stereocenters. The van der Waals surface area contributed by atoms with Crippen molar-refractivity contribution in [1.29, 1.82) is 0 Å². The summed E-state index contributed by atoms with van der Waals surface area (Å²) in [5.41, 5.74) is 3.80. The molecule has 0 aliphatic heterocycles. The van der Waals surface area contributed by atoms with Crippen LogP contribution in [0, 0.1) is 6.92 Å². The zero-order valence-corrected chi connectivity index (χ0v) is 18.0. The fourth-order valence-electron chi connectivity index (χ4n) is 3.30. The van der Waals surface area contributed by atoms with Gasteiger partial charge >= 0.3 is 0 Å². The zero-order valence-electron chi connectivity index (χ0n) is 17.2. The molecular formula is C24H26N2O3S. The Bertz CT molecular complexity index is 1080. The summed E-state index contributed by atoms with van der Waals surface area (Å²) < 4.78 is 25.8. The number of amides is 1. The molecule has 1 atom stereocenters. The number of carbonyl (C=O) groups excluding carboxylic acids is 1. The van der Waals surface area contributed by atoms with E-state index in [-0.39, 0.29) is 25.0 Å². The SMILES string of the molecule is Cc1cccc(C(NC(=O)CN(Cc2ccccc2)S(C)(=O)=O)c2ccccc2)c1. The molecule has 1 amide bonds. The Balaban J connectivity index is 1.82. The molecule has 0 radical (unpaired) electrons. The molecule has 3 rings (SSSR count). The molecule has 0 saturated heterocycles. The van der Waals surface area contributed by atoms with Gasteiger partial charge in [0.05, 0.1) is 18.8 Å². The maximum Gasteiger partial charge on any atom is 0.236 e. The molecular weight excluding hydrogens is 396 g/mol. The lowest BCUT2D eigenvalue weighted by Gasteiger charge is -2.24. The minimum absolute atomic E-state index is 0.146. The van der Waals surface area contributed by atoms with E-state index in [0.29, 0.717) is 0 Å². The summed E-state index contributed by atoms with van der Waals surface area (Å²) in [4.78, 5) is 12.9. The molecule has 0 heterocycles. The standard InChI is InChI=1S/C24H26N2O3S/c1-19-10-9-15-22(16-19)24(21-13-7-4-8-14-21)25-23(27)18-26(30(2,28)29)17-20-11-5-3-6-12-20/h3-16,24H,17-18H2,1-2H3,(H,25,27). The van der Waals surface area contributed by atoms with Crippen LogP contribution in [-0.2, 0) is 21.4 Å². The number of benzene rings is 3. The molecule has 6 heteroatoms. The van der Waals surface area contributed by atoms with Crippen LogP contribution in [0.25, 0.3) is 0 Å². The highest BCUT2D eigenvalue weighted by Crippen LogP contribution is 2.23. The van der Waals surface area contributed by atoms with Gasteiger partial charge in [0.15, 0.2) is 0 Å². The summed E-state index contributed by atoms with van der Waals surface area (Å²) in [6, 6.07) is 26.5. The van der Waals surface area contributed by atoms with E-state index in [1.165, 1.54) is 4.31 Å². The molecule has 3 aromatic carbocycles. The van der Waals surface area contributed by atoms with E-state index in [0.717, 1.165) is 28.5 Å². The van der Waals surface area contributed by atoms with Crippen LogP contribution in [-0.4, -0.2) is 31.4 Å². The maximum atomic E-state index is 12.9. The molecule has 0 fully saturated rings. The van der Waals surface area contributed by atoms with Crippen molar-refractivity contribution in [2.75, 3.05) is 12.8 Å². The zero-order chi connectivity index (χ0) is 21.6. The average Bonchev–Trinajstić information content (AvgIpc) is 2.72. The van der Waals surface area contributed by atoms with Crippen molar-refractivity contribution in [2.24, 2.45) is 0 Å². The molecule has 0 saturated carbocycles. The first-order valence-corrected chi connectivity index (χ1v) is 11.6. The number of nitrogens with one attached hydrogen (secondary N) is 1. The molecule has 156 valence electrons. The molecule has 0 bridgehead atoms. The smallest absolute Gasteiger partial charge is 0.236 e. The molecule has 0 spiro atoms. The van der Waals surface area contributed by atoms with E-state index >= 15 is 0 Å². The van der Waals surface area contributed by atoms with Crippen molar-refractivity contribution in [3.63, 3.8) is 0 Å². The predicted octanol–water partition coefficient (Wildman–Crippen LogP) is 3.66. The van der Waals surface area contributed by atoms with E-state index in [1.807, 2.05) is 91.9 Å². The van der Waals surface area contributed by atoms with Crippen molar-refractivity contribution in [1.82, 2.24) is 9.62 Å². The molecule has 3 aromatic rings. The van der Waals surface area contributed by atoms with Crippen LogP contribution < -0.4 is 5.32 Å². The van der Waals surface area contributed by atoms with Gasteiger partial charge in [-0.3, -0.25) is 4.79 Å². The molecule has 0 aliphatic rings. The van der Waals surface area contributed by atoms with E-state index in [1.54, 1.807) is 0 Å². The Morgan fingerprint density at radius 3 is 2.10 bits per heavy atom. The van der Waals surface area contributed by atoms with Gasteiger partial charge in [-0.2, -0.15) is 4.31 Å². The van der Waals surface area contributed by atoms with E-state index in [4.69, 9.17) is 0 Å². The largest absolute Gasteiger partial charge is 0.344 e. The Kier molecular flexibility index (Phi) is 7.03. The van der Waals surface area contributed by atoms with Gasteiger partial charge in [-0.05, 0) is 23.6 Å². The molecule has 0 aliphatic carbocycles. The third kappa shape index (κ3) is 6.02. The van der Waals surface area contributed by atoms with Crippen molar-refractivity contribution in [3.05, 3.63) is 107 Å². The quantitative estimate of drug-likeness (QED) is 0.602. The van der Waals surface area contributed by atoms with Gasteiger partial charge in [0.25, 0.3) is 0 Å². The molecule has 30 heavy (non-hydrogen) atoms. The first kappa shape index (κ1) is 21.7. The number of rotatable bonds is 8. The topological polar surface area (TPSA) is 66.5 Å². The van der Waals surface area contributed by atoms with Gasteiger partial charge in [0, 0.05) is 6.54 Å². The first-order valence-electron chi connectivity index (χ1n) is 9.73. The number of nitrogens with zero attached hydrogens (tertiary/aromatic N) is 1. The lowest BCUT2D eigenvalue weighted by molar-refractivity contribution is -0.121. The number of carbonyl (C=O) groups is 1. The van der Waals surface area contributed by atoms with Crippen LogP contribution in [0.4, 0.5) is 0 Å². The second kappa shape index (κ2) is 9.69. The second-order valence-electron chi connectivity index (χ2n) is 7.34. The highest BCUT2D eigenvalue weighted by atomic mass is 32.2. The predicted molar refractivity (Wildman–Crippen MR) is 119 cm³/mol. The Morgan fingerprint density at radius 1 is 0.900 bits per heavy atom. The lowest BCUT2D eigenvalue weighted by Crippen LogP contribution is -2.41. The lowest BCUT2D eigenvalue weighted by atomic mass is 9.97. The minimum atomic E-state index is -3.56. The van der Waals surface area contributed by atoms with Gasteiger partial charge in [0.2, 0.25) is 15.9 Å². The first-order chi connectivity index (χ1) is 14.3. The third-order valence-electron chi connectivity index (χ3n) is 4.80. The Hall–Kier alpha value is -2.96. The van der Waals surface area contributed by atoms with E-state index in [9.17, 15) is 13.2 Å². The van der Waals surface area contributed by atoms with Gasteiger partial charge in [-0.25, -0.2) is 8.42 Å². The maximum absolute atomic E-state index is 12.9.